The number of carbonyl (C=O) groups excluding carboxylic acids is 1. The van der Waals surface area contributed by atoms with Crippen molar-refractivity contribution in [3.63, 3.8) is 0 Å². The normalized spacial score (nSPS) is 12.1. The average molecular weight is 511 g/mol. The van der Waals surface area contributed by atoms with Crippen molar-refractivity contribution in [1.29, 1.82) is 0 Å². The highest BCUT2D eigenvalue weighted by Crippen LogP contribution is 2.31. The molecule has 2 aromatic carbocycles. The van der Waals surface area contributed by atoms with Gasteiger partial charge in [0, 0.05) is 3.57 Å². The van der Waals surface area contributed by atoms with E-state index in [1.165, 1.54) is 0 Å². The minimum atomic E-state index is -1.22. The van der Waals surface area contributed by atoms with Gasteiger partial charge in [-0.3, -0.25) is 9.63 Å². The Bertz CT molecular complexity index is 836. The first-order valence-corrected chi connectivity index (χ1v) is 9.46. The monoisotopic (exact) mass is 510 g/mol. The van der Waals surface area contributed by atoms with Crippen LogP contribution in [0.3, 0.4) is 0 Å². The third-order valence-electron chi connectivity index (χ3n) is 3.72. The molecule has 3 N–H and O–H groups in total. The number of hydroxylamine groups is 1. The van der Waals surface area contributed by atoms with Gasteiger partial charge in [-0.15, -0.1) is 0 Å². The zero-order chi connectivity index (χ0) is 20.1. The Morgan fingerprint density at radius 3 is 2.63 bits per heavy atom. The van der Waals surface area contributed by atoms with Crippen LogP contribution in [0, 0.1) is 21.1 Å². The van der Waals surface area contributed by atoms with E-state index < -0.39 is 23.6 Å². The van der Waals surface area contributed by atoms with Crippen molar-refractivity contribution in [3.05, 3.63) is 56.1 Å². The average Bonchev–Trinajstić information content (AvgIpc) is 2.60. The van der Waals surface area contributed by atoms with Gasteiger partial charge in [0.25, 0.3) is 5.91 Å². The first kappa shape index (κ1) is 21.8. The van der Waals surface area contributed by atoms with Crippen LogP contribution in [-0.4, -0.2) is 23.7 Å². The number of hydrogen-bond acceptors (Lipinski definition) is 4. The van der Waals surface area contributed by atoms with Crippen LogP contribution in [0.1, 0.15) is 24.2 Å². The van der Waals surface area contributed by atoms with Crippen molar-refractivity contribution in [2.45, 2.75) is 20.0 Å². The van der Waals surface area contributed by atoms with Gasteiger partial charge in [0.15, 0.2) is 11.6 Å². The summed E-state index contributed by atoms with van der Waals surface area (Å²) in [4.78, 5) is 17.3. The molecule has 1 amide bonds. The molecular weight excluding hydrogens is 493 g/mol. The minimum absolute atomic E-state index is 0.0644. The summed E-state index contributed by atoms with van der Waals surface area (Å²) < 4.78 is 28.9. The number of aliphatic hydroxyl groups is 1. The lowest BCUT2D eigenvalue weighted by atomic mass is 10.1. The fourth-order valence-electron chi connectivity index (χ4n) is 2.03. The van der Waals surface area contributed by atoms with Crippen LogP contribution in [0.2, 0.25) is 5.02 Å². The SMILES string of the molecule is CC(C)C(O)CONC(=O)c1ccc(F)c(F)c1Nc1ccc(I)cc1Cl. The molecule has 1 unspecified atom stereocenters. The lowest BCUT2D eigenvalue weighted by Crippen LogP contribution is -2.31. The molecule has 9 heteroatoms. The molecule has 146 valence electrons. The predicted molar refractivity (Wildman–Crippen MR) is 108 cm³/mol. The molecule has 0 aliphatic rings. The number of hydrogen-bond donors (Lipinski definition) is 3. The maximum atomic E-state index is 14.3. The quantitative estimate of drug-likeness (QED) is 0.375. The number of anilines is 2. The number of halogens is 4. The maximum Gasteiger partial charge on any atom is 0.277 e. The zero-order valence-electron chi connectivity index (χ0n) is 14.5. The van der Waals surface area contributed by atoms with Gasteiger partial charge >= 0.3 is 0 Å². The van der Waals surface area contributed by atoms with E-state index in [9.17, 15) is 18.7 Å². The fraction of sp³-hybridized carbons (Fsp3) is 0.278. The Kier molecular flexibility index (Phi) is 7.78. The van der Waals surface area contributed by atoms with Gasteiger partial charge in [-0.05, 0) is 58.8 Å². The molecule has 0 saturated carbocycles. The van der Waals surface area contributed by atoms with Crippen LogP contribution in [0.15, 0.2) is 30.3 Å². The first-order chi connectivity index (χ1) is 12.7. The van der Waals surface area contributed by atoms with Crippen molar-refractivity contribution >= 4 is 51.5 Å². The van der Waals surface area contributed by atoms with E-state index in [0.29, 0.717) is 5.69 Å². The zero-order valence-corrected chi connectivity index (χ0v) is 17.4. The van der Waals surface area contributed by atoms with Gasteiger partial charge in [-0.2, -0.15) is 0 Å². The highest BCUT2D eigenvalue weighted by molar-refractivity contribution is 14.1. The maximum absolute atomic E-state index is 14.3. The smallest absolute Gasteiger partial charge is 0.277 e. The van der Waals surface area contributed by atoms with E-state index in [1.807, 2.05) is 0 Å². The standard InChI is InChI=1S/C18H18ClF2IN2O3/c1-9(2)15(25)8-27-24-18(26)11-4-5-13(20)16(21)17(11)23-14-6-3-10(22)7-12(14)19/h3-7,9,15,23,25H,8H2,1-2H3,(H,24,26). The van der Waals surface area contributed by atoms with Crippen molar-refractivity contribution in [1.82, 2.24) is 5.48 Å². The molecule has 2 rings (SSSR count). The molecule has 0 heterocycles. The van der Waals surface area contributed by atoms with Gasteiger partial charge in [0.1, 0.15) is 6.61 Å². The van der Waals surface area contributed by atoms with Crippen LogP contribution in [0.5, 0.6) is 0 Å². The van der Waals surface area contributed by atoms with Crippen LogP contribution >= 0.6 is 34.2 Å². The number of rotatable bonds is 7. The lowest BCUT2D eigenvalue weighted by Gasteiger charge is -2.16. The van der Waals surface area contributed by atoms with Crippen LogP contribution in [-0.2, 0) is 4.84 Å². The summed E-state index contributed by atoms with van der Waals surface area (Å²) in [5.41, 5.74) is 1.88. The molecule has 0 spiro atoms. The highest BCUT2D eigenvalue weighted by atomic mass is 127. The second kappa shape index (κ2) is 9.63. The predicted octanol–water partition coefficient (Wildman–Crippen LogP) is 4.64. The van der Waals surface area contributed by atoms with Crippen molar-refractivity contribution in [2.75, 3.05) is 11.9 Å². The van der Waals surface area contributed by atoms with Crippen molar-refractivity contribution < 1.29 is 23.5 Å². The summed E-state index contributed by atoms with van der Waals surface area (Å²) in [6, 6.07) is 6.92. The molecule has 5 nitrogen and oxygen atoms in total. The van der Waals surface area contributed by atoms with E-state index in [2.05, 4.69) is 33.4 Å². The summed E-state index contributed by atoms with van der Waals surface area (Å²) in [5, 5.41) is 12.6. The molecule has 0 aliphatic heterocycles. The van der Waals surface area contributed by atoms with Crippen LogP contribution in [0.25, 0.3) is 0 Å². The summed E-state index contributed by atoms with van der Waals surface area (Å²) in [6.45, 7) is 3.44. The second-order valence-electron chi connectivity index (χ2n) is 6.09. The Hall–Kier alpha value is -1.49. The van der Waals surface area contributed by atoms with E-state index in [4.69, 9.17) is 16.4 Å². The van der Waals surface area contributed by atoms with Crippen molar-refractivity contribution in [2.24, 2.45) is 5.92 Å². The molecular formula is C18H18ClF2IN2O3. The summed E-state index contributed by atoms with van der Waals surface area (Å²) in [5.74, 6) is -3.20. The van der Waals surface area contributed by atoms with E-state index in [-0.39, 0.29) is 28.8 Å². The lowest BCUT2D eigenvalue weighted by molar-refractivity contribution is -0.0268. The number of carbonyl (C=O) groups is 1. The van der Waals surface area contributed by atoms with Gasteiger partial charge in [-0.25, -0.2) is 14.3 Å². The number of amides is 1. The van der Waals surface area contributed by atoms with Crippen LogP contribution < -0.4 is 10.8 Å². The van der Waals surface area contributed by atoms with Crippen LogP contribution in [0.4, 0.5) is 20.2 Å². The van der Waals surface area contributed by atoms with E-state index in [0.717, 1.165) is 15.7 Å². The Labute approximate surface area is 174 Å². The largest absolute Gasteiger partial charge is 0.390 e. The second-order valence-corrected chi connectivity index (χ2v) is 7.74. The van der Waals surface area contributed by atoms with Crippen molar-refractivity contribution in [3.8, 4) is 0 Å². The molecule has 0 aromatic heterocycles. The molecule has 0 aliphatic carbocycles. The molecule has 0 fully saturated rings. The first-order valence-electron chi connectivity index (χ1n) is 8.01. The molecule has 0 radical (unpaired) electrons. The topological polar surface area (TPSA) is 70.6 Å². The Morgan fingerprint density at radius 1 is 1.30 bits per heavy atom. The van der Waals surface area contributed by atoms with E-state index in [1.54, 1.807) is 32.0 Å². The van der Waals surface area contributed by atoms with Gasteiger partial charge < -0.3 is 10.4 Å². The summed E-state index contributed by atoms with van der Waals surface area (Å²) >= 11 is 8.17. The molecule has 0 bridgehead atoms. The highest BCUT2D eigenvalue weighted by Gasteiger charge is 2.20. The third kappa shape index (κ3) is 5.74. The molecule has 2 aromatic rings. The Morgan fingerprint density at radius 2 is 2.00 bits per heavy atom. The van der Waals surface area contributed by atoms with Gasteiger partial charge in [0.2, 0.25) is 0 Å². The molecule has 1 atom stereocenters. The summed E-state index contributed by atoms with van der Waals surface area (Å²) in [7, 11) is 0. The molecule has 27 heavy (non-hydrogen) atoms. The third-order valence-corrected chi connectivity index (χ3v) is 4.70. The Balaban J connectivity index is 2.24. The van der Waals surface area contributed by atoms with E-state index >= 15 is 0 Å². The number of aliphatic hydroxyl groups excluding tert-OH is 1. The minimum Gasteiger partial charge on any atom is -0.390 e. The van der Waals surface area contributed by atoms with Gasteiger partial charge in [0.05, 0.1) is 28.1 Å². The number of benzene rings is 2. The summed E-state index contributed by atoms with van der Waals surface area (Å²) in [6.07, 6.45) is -0.779. The number of nitrogens with one attached hydrogen (secondary N) is 2. The fourth-order valence-corrected chi connectivity index (χ4v) is 2.93. The molecule has 0 saturated heterocycles. The van der Waals surface area contributed by atoms with Gasteiger partial charge in [-0.1, -0.05) is 25.4 Å².